The molecule has 1 aliphatic rings. The van der Waals surface area contributed by atoms with E-state index in [9.17, 15) is 9.90 Å². The summed E-state index contributed by atoms with van der Waals surface area (Å²) in [6.45, 7) is 12.5. The van der Waals surface area contributed by atoms with Crippen molar-refractivity contribution in [3.8, 4) is 5.75 Å². The fourth-order valence-corrected chi connectivity index (χ4v) is 2.87. The van der Waals surface area contributed by atoms with Gasteiger partial charge in [0, 0.05) is 23.6 Å². The number of phenols is 1. The number of nitrogens with zero attached hydrogens (tertiary/aromatic N) is 1. The minimum Gasteiger partial charge on any atom is -0.507 e. The van der Waals surface area contributed by atoms with Gasteiger partial charge in [0.15, 0.2) is 0 Å². The Morgan fingerprint density at radius 1 is 1.37 bits per heavy atom. The monoisotopic (exact) mass is 261 g/mol. The van der Waals surface area contributed by atoms with E-state index < -0.39 is 0 Å². The number of hydrogen-bond donors (Lipinski definition) is 1. The summed E-state index contributed by atoms with van der Waals surface area (Å²) in [6.07, 6.45) is 0. The van der Waals surface area contributed by atoms with Gasteiger partial charge in [0.05, 0.1) is 0 Å². The van der Waals surface area contributed by atoms with E-state index in [1.54, 1.807) is 0 Å². The summed E-state index contributed by atoms with van der Waals surface area (Å²) in [7, 11) is 0. The number of rotatable bonds is 0. The zero-order valence-electron chi connectivity index (χ0n) is 12.7. The first-order chi connectivity index (χ1) is 8.64. The fourth-order valence-electron chi connectivity index (χ4n) is 2.87. The van der Waals surface area contributed by atoms with E-state index in [-0.39, 0.29) is 17.2 Å². The van der Waals surface area contributed by atoms with Gasteiger partial charge in [-0.3, -0.25) is 4.79 Å². The van der Waals surface area contributed by atoms with Crippen LogP contribution in [0.1, 0.15) is 50.3 Å². The van der Waals surface area contributed by atoms with Crippen molar-refractivity contribution in [2.45, 2.75) is 47.5 Å². The molecule has 3 heteroatoms. The van der Waals surface area contributed by atoms with E-state index >= 15 is 0 Å². The highest BCUT2D eigenvalue weighted by atomic mass is 16.3. The number of phenolic OH excluding ortho intramolecular Hbond substituents is 1. The maximum Gasteiger partial charge on any atom is 0.232 e. The molecular weight excluding hydrogens is 238 g/mol. The Bertz CT molecular complexity index is 541. The van der Waals surface area contributed by atoms with Gasteiger partial charge in [0.25, 0.3) is 0 Å². The lowest BCUT2D eigenvalue weighted by Gasteiger charge is -2.26. The highest BCUT2D eigenvalue weighted by Crippen LogP contribution is 2.44. The van der Waals surface area contributed by atoms with Crippen LogP contribution in [0.5, 0.6) is 5.75 Å². The average Bonchev–Trinajstić information content (AvgIpc) is 2.61. The van der Waals surface area contributed by atoms with Crippen LogP contribution < -0.4 is 4.90 Å². The number of aromatic hydroxyl groups is 1. The molecular formula is C16H23NO2. The van der Waals surface area contributed by atoms with Gasteiger partial charge in [0.1, 0.15) is 5.75 Å². The first-order valence-corrected chi connectivity index (χ1v) is 6.79. The molecule has 0 radical (unpaired) electrons. The van der Waals surface area contributed by atoms with Gasteiger partial charge >= 0.3 is 0 Å². The summed E-state index contributed by atoms with van der Waals surface area (Å²) in [4.78, 5) is 14.4. The fraction of sp³-hybridized carbons (Fsp3) is 0.562. The van der Waals surface area contributed by atoms with Crippen molar-refractivity contribution in [1.29, 1.82) is 0 Å². The molecule has 1 N–H and O–H groups in total. The molecule has 1 aromatic rings. The van der Waals surface area contributed by atoms with Gasteiger partial charge in [0.2, 0.25) is 5.91 Å². The number of benzene rings is 1. The van der Waals surface area contributed by atoms with Gasteiger partial charge in [-0.05, 0) is 36.6 Å². The van der Waals surface area contributed by atoms with Crippen LogP contribution in [0.4, 0.5) is 5.69 Å². The van der Waals surface area contributed by atoms with E-state index in [0.29, 0.717) is 12.3 Å². The summed E-state index contributed by atoms with van der Waals surface area (Å²) in [5.74, 6) is 0.769. The molecule has 104 valence electrons. The van der Waals surface area contributed by atoms with Crippen LogP contribution >= 0.6 is 0 Å². The number of hydrogen-bond acceptors (Lipinski definition) is 2. The minimum atomic E-state index is -0.388. The summed E-state index contributed by atoms with van der Waals surface area (Å²) >= 11 is 0. The highest BCUT2D eigenvalue weighted by molar-refractivity contribution is 5.99. The normalized spacial score (nSPS) is 18.6. The maximum absolute atomic E-state index is 12.5. The van der Waals surface area contributed by atoms with Crippen molar-refractivity contribution < 1.29 is 9.90 Å². The lowest BCUT2D eigenvalue weighted by atomic mass is 9.94. The minimum absolute atomic E-state index is 0.141. The van der Waals surface area contributed by atoms with Crippen molar-refractivity contribution in [1.82, 2.24) is 0 Å². The zero-order valence-corrected chi connectivity index (χ0v) is 12.7. The molecule has 0 aromatic heterocycles. The molecule has 0 spiro atoms. The molecule has 1 atom stereocenters. The highest BCUT2D eigenvalue weighted by Gasteiger charge is 2.36. The van der Waals surface area contributed by atoms with Crippen LogP contribution in [0.25, 0.3) is 0 Å². The molecule has 1 aliphatic heterocycles. The standard InChI is InChI=1S/C16H23NO2/c1-9-7-12-13(11(3)14(9)18)10(2)8-17(12)15(19)16(4,5)6/h7,10,18H,8H2,1-6H3. The van der Waals surface area contributed by atoms with Crippen molar-refractivity contribution in [2.24, 2.45) is 5.41 Å². The van der Waals surface area contributed by atoms with E-state index in [2.05, 4.69) is 6.92 Å². The summed E-state index contributed by atoms with van der Waals surface area (Å²) in [6, 6.07) is 1.94. The second-order valence-electron chi connectivity index (χ2n) is 6.67. The van der Waals surface area contributed by atoms with E-state index in [4.69, 9.17) is 0 Å². The topological polar surface area (TPSA) is 40.5 Å². The van der Waals surface area contributed by atoms with Crippen molar-refractivity contribution in [3.05, 3.63) is 22.8 Å². The molecule has 0 bridgehead atoms. The van der Waals surface area contributed by atoms with E-state index in [1.165, 1.54) is 0 Å². The summed E-state index contributed by atoms with van der Waals surface area (Å²) in [5, 5.41) is 10.1. The molecule has 0 fully saturated rings. The lowest BCUT2D eigenvalue weighted by Crippen LogP contribution is -2.38. The van der Waals surface area contributed by atoms with Crippen molar-refractivity contribution >= 4 is 11.6 Å². The third-order valence-corrected chi connectivity index (χ3v) is 3.89. The molecule has 1 amide bonds. The number of carbonyl (C=O) groups excluding carboxylic acids is 1. The van der Waals surface area contributed by atoms with Crippen molar-refractivity contribution in [3.63, 3.8) is 0 Å². The SMILES string of the molecule is Cc1cc2c(c(C)c1O)C(C)CN2C(=O)C(C)(C)C. The first-order valence-electron chi connectivity index (χ1n) is 6.79. The zero-order chi connectivity index (χ0) is 14.5. The molecule has 1 aromatic carbocycles. The number of aryl methyl sites for hydroxylation is 1. The molecule has 2 rings (SSSR count). The largest absolute Gasteiger partial charge is 0.507 e. The van der Waals surface area contributed by atoms with Crippen LogP contribution in [0, 0.1) is 19.3 Å². The van der Waals surface area contributed by atoms with Gasteiger partial charge in [-0.25, -0.2) is 0 Å². The predicted octanol–water partition coefficient (Wildman–Crippen LogP) is 3.51. The Hall–Kier alpha value is -1.51. The van der Waals surface area contributed by atoms with Gasteiger partial charge in [-0.2, -0.15) is 0 Å². The van der Waals surface area contributed by atoms with Crippen molar-refractivity contribution in [2.75, 3.05) is 11.4 Å². The molecule has 19 heavy (non-hydrogen) atoms. The Morgan fingerprint density at radius 3 is 2.47 bits per heavy atom. The molecule has 1 unspecified atom stereocenters. The Morgan fingerprint density at radius 2 is 1.95 bits per heavy atom. The Labute approximate surface area is 115 Å². The number of fused-ring (bicyclic) bond motifs is 1. The number of amides is 1. The van der Waals surface area contributed by atoms with Crippen LogP contribution in [-0.2, 0) is 4.79 Å². The number of anilines is 1. The Balaban J connectivity index is 2.57. The second-order valence-corrected chi connectivity index (χ2v) is 6.67. The average molecular weight is 261 g/mol. The quantitative estimate of drug-likeness (QED) is 0.776. The lowest BCUT2D eigenvalue weighted by molar-refractivity contribution is -0.125. The number of carbonyl (C=O) groups is 1. The first kappa shape index (κ1) is 13.9. The van der Waals surface area contributed by atoms with E-state index in [1.807, 2.05) is 45.6 Å². The molecule has 1 heterocycles. The third kappa shape index (κ3) is 2.11. The van der Waals surface area contributed by atoms with E-state index in [0.717, 1.165) is 22.4 Å². The molecule has 3 nitrogen and oxygen atoms in total. The second kappa shape index (κ2) is 4.26. The third-order valence-electron chi connectivity index (χ3n) is 3.89. The van der Waals surface area contributed by atoms with Gasteiger partial charge in [-0.1, -0.05) is 27.7 Å². The Kier molecular flexibility index (Phi) is 3.12. The van der Waals surface area contributed by atoms with Gasteiger partial charge in [-0.15, -0.1) is 0 Å². The summed E-state index contributed by atoms with van der Waals surface area (Å²) in [5.41, 5.74) is 3.44. The van der Waals surface area contributed by atoms with Crippen LogP contribution in [0.3, 0.4) is 0 Å². The van der Waals surface area contributed by atoms with Crippen LogP contribution in [0.2, 0.25) is 0 Å². The van der Waals surface area contributed by atoms with Gasteiger partial charge < -0.3 is 10.0 Å². The predicted molar refractivity (Wildman–Crippen MR) is 77.8 cm³/mol. The van der Waals surface area contributed by atoms with Crippen LogP contribution in [0.15, 0.2) is 6.07 Å². The smallest absolute Gasteiger partial charge is 0.232 e. The summed E-state index contributed by atoms with van der Waals surface area (Å²) < 4.78 is 0. The molecule has 0 saturated heterocycles. The molecule has 0 saturated carbocycles. The maximum atomic E-state index is 12.5. The van der Waals surface area contributed by atoms with Crippen LogP contribution in [-0.4, -0.2) is 17.6 Å². The molecule has 0 aliphatic carbocycles.